The van der Waals surface area contributed by atoms with Crippen LogP contribution in [0.1, 0.15) is 48.4 Å². The minimum Gasteiger partial charge on any atom is -0.354 e. The molecule has 1 N–H and O–H groups in total. The van der Waals surface area contributed by atoms with Crippen molar-refractivity contribution in [1.29, 1.82) is 0 Å². The third kappa shape index (κ3) is 8.39. The molecule has 3 rings (SSSR count). The summed E-state index contributed by atoms with van der Waals surface area (Å²) < 4.78 is 0. The van der Waals surface area contributed by atoms with Crippen LogP contribution in [-0.2, 0) is 29.0 Å². The molecule has 2 amide bonds. The highest BCUT2D eigenvalue weighted by atomic mass is 35.5. The molecule has 0 saturated heterocycles. The van der Waals surface area contributed by atoms with Gasteiger partial charge >= 0.3 is 0 Å². The number of carbonyl (C=O) groups is 2. The summed E-state index contributed by atoms with van der Waals surface area (Å²) in [5.41, 5.74) is 4.01. The smallest absolute Gasteiger partial charge is 0.243 e. The molecule has 0 radical (unpaired) electrons. The topological polar surface area (TPSA) is 49.4 Å². The van der Waals surface area contributed by atoms with E-state index in [4.69, 9.17) is 23.2 Å². The molecule has 0 bridgehead atoms. The summed E-state index contributed by atoms with van der Waals surface area (Å²) >= 11 is 12.6. The zero-order valence-electron chi connectivity index (χ0n) is 21.0. The average Bonchev–Trinajstić information content (AvgIpc) is 2.87. The molecule has 36 heavy (non-hydrogen) atoms. The minimum atomic E-state index is -0.665. The van der Waals surface area contributed by atoms with Gasteiger partial charge in [0.05, 0.1) is 0 Å². The van der Waals surface area contributed by atoms with Crippen molar-refractivity contribution in [2.75, 3.05) is 6.54 Å². The maximum Gasteiger partial charge on any atom is 0.243 e. The lowest BCUT2D eigenvalue weighted by Crippen LogP contribution is -2.50. The predicted octanol–water partition coefficient (Wildman–Crippen LogP) is 6.79. The van der Waals surface area contributed by atoms with E-state index in [1.54, 1.807) is 17.0 Å². The molecular formula is C30H34Cl2N2O2. The molecule has 3 aromatic carbocycles. The molecule has 0 spiro atoms. The van der Waals surface area contributed by atoms with E-state index >= 15 is 0 Å². The highest BCUT2D eigenvalue weighted by Crippen LogP contribution is 2.24. The molecular weight excluding hydrogens is 491 g/mol. The zero-order valence-corrected chi connectivity index (χ0v) is 22.5. The lowest BCUT2D eigenvalue weighted by Gasteiger charge is -2.32. The van der Waals surface area contributed by atoms with Crippen LogP contribution in [0.5, 0.6) is 0 Å². The zero-order chi connectivity index (χ0) is 25.9. The second-order valence-electron chi connectivity index (χ2n) is 9.09. The summed E-state index contributed by atoms with van der Waals surface area (Å²) in [7, 11) is 0. The Balaban J connectivity index is 1.90. The summed E-state index contributed by atoms with van der Waals surface area (Å²) in [6.07, 6.45) is 3.17. The fraction of sp³-hybridized carbons (Fsp3) is 0.333. The molecule has 1 unspecified atom stereocenters. The van der Waals surface area contributed by atoms with Crippen molar-refractivity contribution in [2.24, 2.45) is 0 Å². The van der Waals surface area contributed by atoms with E-state index in [1.165, 1.54) is 5.56 Å². The first-order valence-corrected chi connectivity index (χ1v) is 13.2. The van der Waals surface area contributed by atoms with Crippen molar-refractivity contribution in [3.8, 4) is 0 Å². The minimum absolute atomic E-state index is 0.0897. The maximum atomic E-state index is 13.7. The summed E-state index contributed by atoms with van der Waals surface area (Å²) in [5.74, 6) is -0.241. The van der Waals surface area contributed by atoms with Crippen LogP contribution in [0.4, 0.5) is 0 Å². The van der Waals surface area contributed by atoms with E-state index in [9.17, 15) is 9.59 Å². The number of benzene rings is 3. The second-order valence-corrected chi connectivity index (χ2v) is 9.94. The second kappa shape index (κ2) is 14.1. The molecule has 1 atom stereocenters. The van der Waals surface area contributed by atoms with E-state index in [0.29, 0.717) is 35.9 Å². The van der Waals surface area contributed by atoms with Gasteiger partial charge in [0.15, 0.2) is 0 Å². The van der Waals surface area contributed by atoms with Crippen molar-refractivity contribution in [2.45, 2.75) is 58.5 Å². The van der Waals surface area contributed by atoms with Crippen LogP contribution in [0.15, 0.2) is 72.8 Å². The highest BCUT2D eigenvalue weighted by Gasteiger charge is 2.30. The van der Waals surface area contributed by atoms with Crippen LogP contribution in [0.3, 0.4) is 0 Å². The number of hydrogen-bond donors (Lipinski definition) is 1. The van der Waals surface area contributed by atoms with Gasteiger partial charge < -0.3 is 10.2 Å². The van der Waals surface area contributed by atoms with Gasteiger partial charge in [-0.1, -0.05) is 103 Å². The first-order valence-electron chi connectivity index (χ1n) is 12.5. The van der Waals surface area contributed by atoms with Crippen molar-refractivity contribution in [3.05, 3.63) is 105 Å². The van der Waals surface area contributed by atoms with Gasteiger partial charge in [-0.15, -0.1) is 0 Å². The Bertz CT molecular complexity index is 1130. The molecule has 0 aliphatic carbocycles. The Kier molecular flexibility index (Phi) is 10.8. The third-order valence-corrected chi connectivity index (χ3v) is 6.79. The summed E-state index contributed by atoms with van der Waals surface area (Å²) in [6.45, 7) is 4.92. The van der Waals surface area contributed by atoms with Gasteiger partial charge in [-0.25, -0.2) is 0 Å². The van der Waals surface area contributed by atoms with Gasteiger partial charge in [-0.2, -0.15) is 0 Å². The van der Waals surface area contributed by atoms with E-state index < -0.39 is 6.04 Å². The molecule has 0 heterocycles. The van der Waals surface area contributed by atoms with Gasteiger partial charge in [-0.05, 0) is 48.6 Å². The van der Waals surface area contributed by atoms with E-state index in [1.807, 2.05) is 67.6 Å². The van der Waals surface area contributed by atoms with E-state index in [-0.39, 0.29) is 18.4 Å². The normalized spacial score (nSPS) is 11.7. The summed E-state index contributed by atoms with van der Waals surface area (Å²) in [4.78, 5) is 28.8. The van der Waals surface area contributed by atoms with Crippen LogP contribution in [-0.4, -0.2) is 29.3 Å². The SMILES string of the molecule is CCCCNC(=O)C(Cc1ccccc1)N(Cc1ccc(Cl)cc1Cl)C(=O)CCc1ccc(C)cc1. The monoisotopic (exact) mass is 524 g/mol. The first-order chi connectivity index (χ1) is 17.4. The Labute approximate surface area is 224 Å². The molecule has 0 aliphatic heterocycles. The molecule has 190 valence electrons. The fourth-order valence-corrected chi connectivity index (χ4v) is 4.51. The Hall–Kier alpha value is -2.82. The Morgan fingerprint density at radius 1 is 0.944 bits per heavy atom. The molecule has 6 heteroatoms. The molecule has 0 saturated carbocycles. The molecule has 3 aromatic rings. The van der Waals surface area contributed by atoms with Crippen LogP contribution in [0.25, 0.3) is 0 Å². The largest absolute Gasteiger partial charge is 0.354 e. The predicted molar refractivity (Wildman–Crippen MR) is 148 cm³/mol. The van der Waals surface area contributed by atoms with Crippen LogP contribution < -0.4 is 5.32 Å². The lowest BCUT2D eigenvalue weighted by molar-refractivity contribution is -0.141. The number of hydrogen-bond acceptors (Lipinski definition) is 2. The standard InChI is InChI=1S/C30H34Cl2N2O2/c1-3-4-18-33-30(36)28(19-24-8-6-5-7-9-24)34(21-25-15-16-26(31)20-27(25)32)29(35)17-14-23-12-10-22(2)11-13-23/h5-13,15-16,20,28H,3-4,14,17-19,21H2,1-2H3,(H,33,36). The number of nitrogens with zero attached hydrogens (tertiary/aromatic N) is 1. The van der Waals surface area contributed by atoms with Gasteiger partial charge in [0, 0.05) is 36.0 Å². The third-order valence-electron chi connectivity index (χ3n) is 6.20. The summed E-state index contributed by atoms with van der Waals surface area (Å²) in [5, 5.41) is 4.04. The van der Waals surface area contributed by atoms with Crippen LogP contribution >= 0.6 is 23.2 Å². The van der Waals surface area contributed by atoms with Gasteiger partial charge in [0.25, 0.3) is 0 Å². The molecule has 0 aliphatic rings. The van der Waals surface area contributed by atoms with Gasteiger partial charge in [0.1, 0.15) is 6.04 Å². The van der Waals surface area contributed by atoms with Crippen molar-refractivity contribution in [1.82, 2.24) is 10.2 Å². The number of nitrogens with one attached hydrogen (secondary N) is 1. The van der Waals surface area contributed by atoms with E-state index in [2.05, 4.69) is 12.2 Å². The number of aryl methyl sites for hydroxylation is 2. The Morgan fingerprint density at radius 3 is 2.33 bits per heavy atom. The number of carbonyl (C=O) groups excluding carboxylic acids is 2. The average molecular weight is 526 g/mol. The van der Waals surface area contributed by atoms with Crippen LogP contribution in [0.2, 0.25) is 10.0 Å². The molecule has 0 aromatic heterocycles. The quantitative estimate of drug-likeness (QED) is 0.265. The Morgan fingerprint density at radius 2 is 1.67 bits per heavy atom. The summed E-state index contributed by atoms with van der Waals surface area (Å²) in [6, 6.07) is 22.6. The number of amides is 2. The fourth-order valence-electron chi connectivity index (χ4n) is 4.04. The van der Waals surface area contributed by atoms with Gasteiger partial charge in [0.2, 0.25) is 11.8 Å². The van der Waals surface area contributed by atoms with Crippen molar-refractivity contribution < 1.29 is 9.59 Å². The van der Waals surface area contributed by atoms with Crippen molar-refractivity contribution in [3.63, 3.8) is 0 Å². The number of unbranched alkanes of at least 4 members (excludes halogenated alkanes) is 1. The maximum absolute atomic E-state index is 13.7. The van der Waals surface area contributed by atoms with Gasteiger partial charge in [-0.3, -0.25) is 9.59 Å². The highest BCUT2D eigenvalue weighted by molar-refractivity contribution is 6.35. The van der Waals surface area contributed by atoms with E-state index in [0.717, 1.165) is 29.5 Å². The first kappa shape index (κ1) is 27.8. The number of rotatable bonds is 12. The lowest BCUT2D eigenvalue weighted by atomic mass is 10.0. The molecule has 0 fully saturated rings. The molecule has 4 nitrogen and oxygen atoms in total. The number of halogens is 2. The van der Waals surface area contributed by atoms with Crippen molar-refractivity contribution >= 4 is 35.0 Å². The van der Waals surface area contributed by atoms with Crippen LogP contribution in [0, 0.1) is 6.92 Å².